The van der Waals surface area contributed by atoms with E-state index in [2.05, 4.69) is 44.2 Å². The van der Waals surface area contributed by atoms with E-state index in [4.69, 9.17) is 4.74 Å². The lowest BCUT2D eigenvalue weighted by molar-refractivity contribution is -0.157. The van der Waals surface area contributed by atoms with Crippen molar-refractivity contribution >= 4 is 5.97 Å². The highest BCUT2D eigenvalue weighted by Crippen LogP contribution is 2.61. The van der Waals surface area contributed by atoms with Crippen molar-refractivity contribution in [3.8, 4) is 0 Å². The molecule has 0 heterocycles. The van der Waals surface area contributed by atoms with Crippen LogP contribution in [0.1, 0.15) is 73.6 Å². The van der Waals surface area contributed by atoms with Crippen LogP contribution in [0.25, 0.3) is 0 Å². The fourth-order valence-electron chi connectivity index (χ4n) is 6.97. The maximum absolute atomic E-state index is 12.6. The lowest BCUT2D eigenvalue weighted by atomic mass is 9.55. The highest BCUT2D eigenvalue weighted by molar-refractivity contribution is 5.70. The van der Waals surface area contributed by atoms with E-state index in [1.165, 1.54) is 43.2 Å². The molecule has 30 heavy (non-hydrogen) atoms. The molecule has 2 aromatic carbocycles. The van der Waals surface area contributed by atoms with Crippen LogP contribution in [0.5, 0.6) is 0 Å². The van der Waals surface area contributed by atoms with Gasteiger partial charge >= 0.3 is 5.97 Å². The number of esters is 1. The molecule has 0 amide bonds. The monoisotopic (exact) mass is 402 g/mol. The molecule has 5 atom stereocenters. The normalized spacial score (nSPS) is 32.1. The molecule has 0 saturated heterocycles. The number of hydrogen-bond donors (Lipinski definition) is 0. The summed E-state index contributed by atoms with van der Waals surface area (Å²) in [6.07, 6.45) is 8.56. The Hall–Kier alpha value is -2.09. The molecule has 0 N–H and O–H groups in total. The maximum atomic E-state index is 12.6. The van der Waals surface area contributed by atoms with E-state index in [1.807, 2.05) is 18.2 Å². The average molecular weight is 403 g/mol. The number of ether oxygens (including phenoxy) is 1. The Morgan fingerprint density at radius 1 is 1.07 bits per heavy atom. The lowest BCUT2D eigenvalue weighted by Crippen LogP contribution is -2.45. The summed E-state index contributed by atoms with van der Waals surface area (Å²) in [6, 6.07) is 17.4. The Kier molecular flexibility index (Phi) is 5.21. The van der Waals surface area contributed by atoms with Gasteiger partial charge in [-0.15, -0.1) is 0 Å². The Bertz CT molecular complexity index is 917. The molecule has 0 radical (unpaired) electrons. The minimum atomic E-state index is -0.0164. The van der Waals surface area contributed by atoms with Gasteiger partial charge < -0.3 is 4.74 Å². The van der Waals surface area contributed by atoms with Crippen molar-refractivity contribution in [1.29, 1.82) is 0 Å². The van der Waals surface area contributed by atoms with Crippen LogP contribution in [-0.2, 0) is 22.4 Å². The van der Waals surface area contributed by atoms with E-state index < -0.39 is 0 Å². The van der Waals surface area contributed by atoms with Gasteiger partial charge in [-0.25, -0.2) is 0 Å². The van der Waals surface area contributed by atoms with Gasteiger partial charge in [0.15, 0.2) is 0 Å². The summed E-state index contributed by atoms with van der Waals surface area (Å²) >= 11 is 0. The average Bonchev–Trinajstić information content (AvgIpc) is 3.09. The van der Waals surface area contributed by atoms with Crippen molar-refractivity contribution in [3.63, 3.8) is 0 Å². The van der Waals surface area contributed by atoms with Crippen LogP contribution in [0.3, 0.4) is 0 Å². The quantitative estimate of drug-likeness (QED) is 0.553. The smallest absolute Gasteiger partial charge is 0.306 e. The van der Waals surface area contributed by atoms with Crippen molar-refractivity contribution in [2.24, 2.45) is 17.3 Å². The van der Waals surface area contributed by atoms with Crippen LogP contribution in [0.4, 0.5) is 0 Å². The minimum absolute atomic E-state index is 0.0164. The first kappa shape index (κ1) is 19.8. The highest BCUT2D eigenvalue weighted by atomic mass is 16.5. The second kappa shape index (κ2) is 7.87. The molecule has 2 nitrogen and oxygen atoms in total. The van der Waals surface area contributed by atoms with Crippen LogP contribution >= 0.6 is 0 Å². The van der Waals surface area contributed by atoms with Crippen LogP contribution < -0.4 is 0 Å². The van der Waals surface area contributed by atoms with Gasteiger partial charge in [-0.1, -0.05) is 61.0 Å². The molecule has 0 spiro atoms. The first-order chi connectivity index (χ1) is 14.5. The number of aryl methyl sites for hydroxylation is 3. The first-order valence-corrected chi connectivity index (χ1v) is 11.9. The molecule has 2 aromatic rings. The van der Waals surface area contributed by atoms with Crippen molar-refractivity contribution in [2.45, 2.75) is 77.2 Å². The summed E-state index contributed by atoms with van der Waals surface area (Å²) in [5, 5.41) is 0. The topological polar surface area (TPSA) is 26.3 Å². The van der Waals surface area contributed by atoms with Gasteiger partial charge in [-0.3, -0.25) is 4.79 Å². The fraction of sp³-hybridized carbons (Fsp3) is 0.536. The van der Waals surface area contributed by atoms with E-state index in [0.717, 1.165) is 18.8 Å². The van der Waals surface area contributed by atoms with Crippen LogP contribution in [0.15, 0.2) is 48.5 Å². The van der Waals surface area contributed by atoms with Crippen LogP contribution in [0, 0.1) is 24.2 Å². The number of benzene rings is 2. The summed E-state index contributed by atoms with van der Waals surface area (Å²) < 4.78 is 6.13. The Morgan fingerprint density at radius 2 is 1.90 bits per heavy atom. The Balaban J connectivity index is 1.26. The zero-order valence-corrected chi connectivity index (χ0v) is 18.4. The molecule has 3 aliphatic carbocycles. The molecular formula is C28H34O2. The maximum Gasteiger partial charge on any atom is 0.306 e. The van der Waals surface area contributed by atoms with Crippen molar-refractivity contribution in [1.82, 2.24) is 0 Å². The standard InChI is InChI=1S/C28H34O2/c1-19-8-11-22-21(18-19)10-12-24-23(22)16-17-28(2)25(24)13-14-26(28)30-27(29)15-9-20-6-4-3-5-7-20/h3-8,11,18,23-26H,9-10,12-17H2,1-2H3. The molecule has 0 aromatic heterocycles. The van der Waals surface area contributed by atoms with Gasteiger partial charge in [0.1, 0.15) is 6.10 Å². The van der Waals surface area contributed by atoms with Gasteiger partial charge in [-0.2, -0.15) is 0 Å². The largest absolute Gasteiger partial charge is 0.462 e. The molecule has 158 valence electrons. The van der Waals surface area contributed by atoms with Crippen molar-refractivity contribution in [3.05, 3.63) is 70.8 Å². The molecule has 3 aliphatic rings. The summed E-state index contributed by atoms with van der Waals surface area (Å²) in [7, 11) is 0. The number of fused-ring (bicyclic) bond motifs is 5. The van der Waals surface area contributed by atoms with E-state index in [9.17, 15) is 4.79 Å². The van der Waals surface area contributed by atoms with Gasteiger partial charge in [0.25, 0.3) is 0 Å². The van der Waals surface area contributed by atoms with Gasteiger partial charge in [0.05, 0.1) is 0 Å². The lowest BCUT2D eigenvalue weighted by Gasteiger charge is -2.50. The first-order valence-electron chi connectivity index (χ1n) is 11.9. The second-order valence-electron chi connectivity index (χ2n) is 10.2. The number of hydrogen-bond acceptors (Lipinski definition) is 2. The molecule has 2 fully saturated rings. The van der Waals surface area contributed by atoms with Crippen LogP contribution in [0.2, 0.25) is 0 Å². The third-order valence-corrected chi connectivity index (χ3v) is 8.53. The zero-order chi connectivity index (χ0) is 20.7. The highest BCUT2D eigenvalue weighted by Gasteiger charge is 2.56. The van der Waals surface area contributed by atoms with E-state index in [-0.39, 0.29) is 17.5 Å². The summed E-state index contributed by atoms with van der Waals surface area (Å²) in [4.78, 5) is 12.6. The van der Waals surface area contributed by atoms with E-state index >= 15 is 0 Å². The summed E-state index contributed by atoms with van der Waals surface area (Å²) in [5.74, 6) is 2.14. The molecule has 5 unspecified atom stereocenters. The van der Waals surface area contributed by atoms with Crippen LogP contribution in [-0.4, -0.2) is 12.1 Å². The minimum Gasteiger partial charge on any atom is -0.462 e. The van der Waals surface area contributed by atoms with Gasteiger partial charge in [0.2, 0.25) is 0 Å². The van der Waals surface area contributed by atoms with Crippen molar-refractivity contribution < 1.29 is 9.53 Å². The predicted molar refractivity (Wildman–Crippen MR) is 120 cm³/mol. The number of carbonyl (C=O) groups is 1. The van der Waals surface area contributed by atoms with E-state index in [1.54, 1.807) is 11.1 Å². The molecular weight excluding hydrogens is 368 g/mol. The molecule has 0 bridgehead atoms. The molecule has 5 rings (SSSR count). The SMILES string of the molecule is Cc1ccc2c(c1)CCC1C2CCC2(C)C(OC(=O)CCc3ccccc3)CCC12. The summed E-state index contributed by atoms with van der Waals surface area (Å²) in [6.45, 7) is 4.62. The molecule has 2 heteroatoms. The zero-order valence-electron chi connectivity index (χ0n) is 18.4. The third kappa shape index (κ3) is 3.49. The second-order valence-corrected chi connectivity index (χ2v) is 10.2. The number of rotatable bonds is 4. The molecule has 2 saturated carbocycles. The molecule has 0 aliphatic heterocycles. The van der Waals surface area contributed by atoms with Crippen molar-refractivity contribution in [2.75, 3.05) is 0 Å². The Morgan fingerprint density at radius 3 is 2.73 bits per heavy atom. The summed E-state index contributed by atoms with van der Waals surface area (Å²) in [5.41, 5.74) is 5.95. The van der Waals surface area contributed by atoms with E-state index in [0.29, 0.717) is 18.3 Å². The predicted octanol–water partition coefficient (Wildman–Crippen LogP) is 6.40. The van der Waals surface area contributed by atoms with Gasteiger partial charge in [-0.05, 0) is 86.3 Å². The number of carbonyl (C=O) groups excluding carboxylic acids is 1. The third-order valence-electron chi connectivity index (χ3n) is 8.53. The van der Waals surface area contributed by atoms with Gasteiger partial charge in [0, 0.05) is 11.8 Å². The fourth-order valence-corrected chi connectivity index (χ4v) is 6.97. The Labute approximate surface area is 181 Å².